The van der Waals surface area contributed by atoms with Gasteiger partial charge in [-0.05, 0) is 49.7 Å². The Labute approximate surface area is 175 Å². The molecule has 0 fully saturated rings. The minimum Gasteiger partial charge on any atom is -0.497 e. The topological polar surface area (TPSA) is 84.7 Å². The maximum Gasteiger partial charge on any atom is 0.270 e. The lowest BCUT2D eigenvalue weighted by Crippen LogP contribution is -2.24. The molecule has 1 heterocycles. The highest BCUT2D eigenvalue weighted by Crippen LogP contribution is 2.14. The second-order valence-corrected chi connectivity index (χ2v) is 6.79. The van der Waals surface area contributed by atoms with Gasteiger partial charge in [0.1, 0.15) is 5.75 Å². The highest BCUT2D eigenvalue weighted by Gasteiger charge is 2.12. The van der Waals surface area contributed by atoms with Crippen LogP contribution in [-0.4, -0.2) is 29.8 Å². The zero-order valence-corrected chi connectivity index (χ0v) is 17.2. The molecule has 0 unspecified atom stereocenters. The lowest BCUT2D eigenvalue weighted by Gasteiger charge is -2.11. The number of nitrogens with one attached hydrogen (secondary N) is 2. The number of benzene rings is 2. The molecule has 2 N–H and O–H groups in total. The first kappa shape index (κ1) is 20.9. The third-order valence-electron chi connectivity index (χ3n) is 4.61. The van der Waals surface area contributed by atoms with Crippen LogP contribution in [0.1, 0.15) is 32.9 Å². The van der Waals surface area contributed by atoms with Crippen LogP contribution in [0.3, 0.4) is 0 Å². The Bertz CT molecular complexity index is 1070. The SMILES string of the molecule is COc1cccc(CC(=O)N/N=C/c2cc(C)n(NC(=O)c3ccccc3)c2C)c1. The van der Waals surface area contributed by atoms with E-state index in [0.717, 1.165) is 22.5 Å². The third-order valence-corrected chi connectivity index (χ3v) is 4.61. The van der Waals surface area contributed by atoms with Crippen LogP contribution in [0.4, 0.5) is 0 Å². The summed E-state index contributed by atoms with van der Waals surface area (Å²) in [5.74, 6) is 0.270. The molecule has 0 bridgehead atoms. The molecule has 2 amide bonds. The number of aromatic nitrogens is 1. The van der Waals surface area contributed by atoms with E-state index in [1.165, 1.54) is 0 Å². The molecule has 7 nitrogen and oxygen atoms in total. The number of rotatable bonds is 7. The van der Waals surface area contributed by atoms with Gasteiger partial charge in [-0.15, -0.1) is 0 Å². The number of methoxy groups -OCH3 is 1. The van der Waals surface area contributed by atoms with Crippen LogP contribution in [0.5, 0.6) is 5.75 Å². The van der Waals surface area contributed by atoms with Crippen LogP contribution in [0.2, 0.25) is 0 Å². The van der Waals surface area contributed by atoms with E-state index in [1.54, 1.807) is 30.1 Å². The largest absolute Gasteiger partial charge is 0.497 e. The average molecular weight is 404 g/mol. The second kappa shape index (κ2) is 9.56. The van der Waals surface area contributed by atoms with Crippen molar-refractivity contribution >= 4 is 18.0 Å². The van der Waals surface area contributed by atoms with Crippen molar-refractivity contribution in [1.29, 1.82) is 0 Å². The zero-order valence-electron chi connectivity index (χ0n) is 17.2. The standard InChI is InChI=1S/C23H24N4O3/c1-16-12-20(17(2)27(16)26-23(29)19-9-5-4-6-10-19)15-24-25-22(28)14-18-8-7-11-21(13-18)30-3/h4-13,15H,14H2,1-3H3,(H,25,28)(H,26,29)/b24-15+. The van der Waals surface area contributed by atoms with Crippen LogP contribution < -0.4 is 15.6 Å². The number of hydrazone groups is 1. The van der Waals surface area contributed by atoms with Crippen LogP contribution in [0.25, 0.3) is 0 Å². The summed E-state index contributed by atoms with van der Waals surface area (Å²) in [6.07, 6.45) is 1.76. The van der Waals surface area contributed by atoms with Crippen molar-refractivity contribution < 1.29 is 14.3 Å². The van der Waals surface area contributed by atoms with Crippen molar-refractivity contribution in [3.8, 4) is 5.75 Å². The molecule has 0 aliphatic carbocycles. The summed E-state index contributed by atoms with van der Waals surface area (Å²) in [5, 5.41) is 4.05. The van der Waals surface area contributed by atoms with E-state index in [-0.39, 0.29) is 18.2 Å². The summed E-state index contributed by atoms with van der Waals surface area (Å²) in [5.41, 5.74) is 9.27. The number of carbonyl (C=O) groups is 2. The minimum absolute atomic E-state index is 0.195. The van der Waals surface area contributed by atoms with E-state index in [0.29, 0.717) is 11.3 Å². The van der Waals surface area contributed by atoms with Gasteiger partial charge in [-0.1, -0.05) is 30.3 Å². The summed E-state index contributed by atoms with van der Waals surface area (Å²) < 4.78 is 6.87. The number of hydrogen-bond acceptors (Lipinski definition) is 4. The predicted molar refractivity (Wildman–Crippen MR) is 116 cm³/mol. The highest BCUT2D eigenvalue weighted by atomic mass is 16.5. The summed E-state index contributed by atoms with van der Waals surface area (Å²) in [4.78, 5) is 24.6. The molecule has 3 aromatic rings. The van der Waals surface area contributed by atoms with Crippen LogP contribution >= 0.6 is 0 Å². The van der Waals surface area contributed by atoms with Gasteiger partial charge in [0.2, 0.25) is 5.91 Å². The maximum atomic E-state index is 12.4. The van der Waals surface area contributed by atoms with Crippen LogP contribution in [-0.2, 0) is 11.2 Å². The van der Waals surface area contributed by atoms with Gasteiger partial charge in [0, 0.05) is 22.5 Å². The molecule has 0 saturated carbocycles. The number of amides is 2. The highest BCUT2D eigenvalue weighted by molar-refractivity contribution is 6.00. The number of carbonyl (C=O) groups excluding carboxylic acids is 2. The molecule has 0 saturated heterocycles. The van der Waals surface area contributed by atoms with Gasteiger partial charge >= 0.3 is 0 Å². The first-order chi connectivity index (χ1) is 14.5. The Hall–Kier alpha value is -3.87. The zero-order chi connectivity index (χ0) is 21.5. The molecule has 0 spiro atoms. The Morgan fingerprint density at radius 1 is 1.07 bits per heavy atom. The van der Waals surface area contributed by atoms with Crippen molar-refractivity contribution in [3.05, 3.63) is 88.7 Å². The molecular weight excluding hydrogens is 380 g/mol. The lowest BCUT2D eigenvalue weighted by atomic mass is 10.1. The van der Waals surface area contributed by atoms with E-state index in [1.807, 2.05) is 62.4 Å². The van der Waals surface area contributed by atoms with Gasteiger partial charge < -0.3 is 4.74 Å². The molecule has 0 radical (unpaired) electrons. The maximum absolute atomic E-state index is 12.4. The van der Waals surface area contributed by atoms with Gasteiger partial charge in [0.05, 0.1) is 19.7 Å². The summed E-state index contributed by atoms with van der Waals surface area (Å²) in [6, 6.07) is 18.2. The Morgan fingerprint density at radius 2 is 1.83 bits per heavy atom. The molecule has 1 aromatic heterocycles. The number of nitrogens with zero attached hydrogens (tertiary/aromatic N) is 2. The quantitative estimate of drug-likeness (QED) is 0.469. The monoisotopic (exact) mass is 404 g/mol. The predicted octanol–water partition coefficient (Wildman–Crippen LogP) is 3.19. The first-order valence-electron chi connectivity index (χ1n) is 9.48. The second-order valence-electron chi connectivity index (χ2n) is 6.79. The smallest absolute Gasteiger partial charge is 0.270 e. The van der Waals surface area contributed by atoms with Crippen molar-refractivity contribution in [1.82, 2.24) is 10.1 Å². The van der Waals surface area contributed by atoms with Gasteiger partial charge in [-0.3, -0.25) is 19.7 Å². The van der Waals surface area contributed by atoms with Crippen molar-refractivity contribution in [2.24, 2.45) is 5.10 Å². The fourth-order valence-corrected chi connectivity index (χ4v) is 3.03. The van der Waals surface area contributed by atoms with E-state index < -0.39 is 0 Å². The van der Waals surface area contributed by atoms with Crippen molar-refractivity contribution in [2.45, 2.75) is 20.3 Å². The van der Waals surface area contributed by atoms with Gasteiger partial charge in [-0.25, -0.2) is 5.43 Å². The summed E-state index contributed by atoms with van der Waals surface area (Å²) in [6.45, 7) is 3.76. The molecule has 0 atom stereocenters. The number of ether oxygens (including phenoxy) is 1. The third kappa shape index (κ3) is 5.14. The van der Waals surface area contributed by atoms with E-state index >= 15 is 0 Å². The molecule has 0 aliphatic rings. The van der Waals surface area contributed by atoms with Crippen LogP contribution in [0, 0.1) is 13.8 Å². The van der Waals surface area contributed by atoms with Gasteiger partial charge in [0.25, 0.3) is 5.91 Å². The molecule has 7 heteroatoms. The van der Waals surface area contributed by atoms with E-state index in [9.17, 15) is 9.59 Å². The van der Waals surface area contributed by atoms with Gasteiger partial charge in [0.15, 0.2) is 0 Å². The van der Waals surface area contributed by atoms with Crippen LogP contribution in [0.15, 0.2) is 65.8 Å². The van der Waals surface area contributed by atoms with Crippen molar-refractivity contribution in [2.75, 3.05) is 12.5 Å². The van der Waals surface area contributed by atoms with E-state index in [4.69, 9.17) is 4.74 Å². The molecule has 0 aliphatic heterocycles. The fraction of sp³-hybridized carbons (Fsp3) is 0.174. The minimum atomic E-state index is -0.231. The summed E-state index contributed by atoms with van der Waals surface area (Å²) >= 11 is 0. The lowest BCUT2D eigenvalue weighted by molar-refractivity contribution is -0.120. The number of aryl methyl sites for hydroxylation is 1. The molecule has 2 aromatic carbocycles. The molecule has 3 rings (SSSR count). The van der Waals surface area contributed by atoms with Crippen molar-refractivity contribution in [3.63, 3.8) is 0 Å². The summed E-state index contributed by atoms with van der Waals surface area (Å²) in [7, 11) is 1.59. The Balaban J connectivity index is 1.62. The van der Waals surface area contributed by atoms with Gasteiger partial charge in [-0.2, -0.15) is 5.10 Å². The molecule has 154 valence electrons. The Morgan fingerprint density at radius 3 is 2.57 bits per heavy atom. The fourth-order valence-electron chi connectivity index (χ4n) is 3.03. The molecular formula is C23H24N4O3. The Kier molecular flexibility index (Phi) is 6.64. The number of hydrogen-bond donors (Lipinski definition) is 2. The first-order valence-corrected chi connectivity index (χ1v) is 9.48. The molecule has 30 heavy (non-hydrogen) atoms. The average Bonchev–Trinajstić information content (AvgIpc) is 3.02. The normalized spacial score (nSPS) is 10.8. The van der Waals surface area contributed by atoms with E-state index in [2.05, 4.69) is 16.0 Å².